The first-order valence-corrected chi connectivity index (χ1v) is 6.91. The summed E-state index contributed by atoms with van der Waals surface area (Å²) in [5.74, 6) is 2.13. The molecule has 0 aliphatic carbocycles. The van der Waals surface area contributed by atoms with Crippen LogP contribution in [0.5, 0.6) is 11.5 Å². The molecule has 2 heterocycles. The highest BCUT2D eigenvalue weighted by Crippen LogP contribution is 2.41. The lowest BCUT2D eigenvalue weighted by atomic mass is 10.2. The molecule has 0 radical (unpaired) electrons. The van der Waals surface area contributed by atoms with Crippen LogP contribution >= 0.6 is 34.2 Å². The van der Waals surface area contributed by atoms with Crippen LogP contribution < -0.4 is 15.2 Å². The second-order valence-electron chi connectivity index (χ2n) is 4.02. The number of nitrogens with two attached hydrogens (primary N) is 1. The smallest absolute Gasteiger partial charge is 0.231 e. The van der Waals surface area contributed by atoms with Gasteiger partial charge in [0.2, 0.25) is 6.79 Å². The molecule has 7 heteroatoms. The summed E-state index contributed by atoms with van der Waals surface area (Å²) in [4.78, 5) is 8.69. The van der Waals surface area contributed by atoms with Gasteiger partial charge in [-0.15, -0.1) is 0 Å². The fraction of sp³-hybridized carbons (Fsp3) is 0.167. The summed E-state index contributed by atoms with van der Waals surface area (Å²) in [7, 11) is 0. The summed E-state index contributed by atoms with van der Waals surface area (Å²) in [5, 5.41) is 0.475. The van der Waals surface area contributed by atoms with E-state index in [1.54, 1.807) is 12.1 Å². The summed E-state index contributed by atoms with van der Waals surface area (Å²) in [6, 6.07) is 3.55. The van der Waals surface area contributed by atoms with Gasteiger partial charge in [0, 0.05) is 5.56 Å². The van der Waals surface area contributed by atoms with E-state index >= 15 is 0 Å². The van der Waals surface area contributed by atoms with Gasteiger partial charge in [-0.25, -0.2) is 9.97 Å². The van der Waals surface area contributed by atoms with Crippen molar-refractivity contribution in [1.82, 2.24) is 9.97 Å². The maximum absolute atomic E-state index is 6.14. The molecule has 2 N–H and O–H groups in total. The number of aryl methyl sites for hydroxylation is 1. The molecule has 0 saturated heterocycles. The van der Waals surface area contributed by atoms with Crippen molar-refractivity contribution in [3.63, 3.8) is 0 Å². The Morgan fingerprint density at radius 3 is 2.84 bits per heavy atom. The second-order valence-corrected chi connectivity index (χ2v) is 5.51. The highest BCUT2D eigenvalue weighted by atomic mass is 127. The Bertz CT molecular complexity index is 655. The van der Waals surface area contributed by atoms with Crippen molar-refractivity contribution in [3.05, 3.63) is 26.4 Å². The van der Waals surface area contributed by atoms with Crippen LogP contribution in [0.25, 0.3) is 11.4 Å². The van der Waals surface area contributed by atoms with Crippen LogP contribution in [0.1, 0.15) is 5.69 Å². The monoisotopic (exact) mass is 389 g/mol. The van der Waals surface area contributed by atoms with Crippen LogP contribution in [0.4, 0.5) is 5.82 Å². The molecule has 1 aliphatic rings. The number of fused-ring (bicyclic) bond motifs is 1. The second kappa shape index (κ2) is 4.68. The zero-order valence-electron chi connectivity index (χ0n) is 9.91. The van der Waals surface area contributed by atoms with Gasteiger partial charge in [-0.2, -0.15) is 0 Å². The molecule has 5 nitrogen and oxygen atoms in total. The molecule has 0 atom stereocenters. The molecule has 2 aromatic rings. The fourth-order valence-corrected chi connectivity index (χ4v) is 2.31. The number of ether oxygens (including phenoxy) is 2. The lowest BCUT2D eigenvalue weighted by Crippen LogP contribution is -2.02. The third-order valence-electron chi connectivity index (χ3n) is 2.73. The lowest BCUT2D eigenvalue weighted by molar-refractivity contribution is 0.174. The summed E-state index contributed by atoms with van der Waals surface area (Å²) < 4.78 is 11.5. The SMILES string of the molecule is Cc1nc(-c2cc(Cl)c3c(c2)OCO3)nc(N)c1I. The number of aromatic nitrogens is 2. The quantitative estimate of drug-likeness (QED) is 0.759. The van der Waals surface area contributed by atoms with Crippen molar-refractivity contribution in [2.45, 2.75) is 6.92 Å². The largest absolute Gasteiger partial charge is 0.454 e. The van der Waals surface area contributed by atoms with Gasteiger partial charge in [-0.05, 0) is 41.6 Å². The minimum absolute atomic E-state index is 0.174. The van der Waals surface area contributed by atoms with Crippen LogP contribution in [-0.4, -0.2) is 16.8 Å². The number of nitrogen functional groups attached to an aromatic ring is 1. The number of anilines is 1. The first-order valence-electron chi connectivity index (χ1n) is 5.45. The zero-order chi connectivity index (χ0) is 13.6. The molecule has 0 spiro atoms. The lowest BCUT2D eigenvalue weighted by Gasteiger charge is -2.07. The summed E-state index contributed by atoms with van der Waals surface area (Å²) in [6.07, 6.45) is 0. The van der Waals surface area contributed by atoms with Gasteiger partial charge in [0.15, 0.2) is 17.3 Å². The highest BCUT2D eigenvalue weighted by Gasteiger charge is 2.20. The number of nitrogens with zero attached hydrogens (tertiary/aromatic N) is 2. The Balaban J connectivity index is 2.15. The Morgan fingerprint density at radius 2 is 2.11 bits per heavy atom. The van der Waals surface area contributed by atoms with E-state index in [1.165, 1.54) is 0 Å². The predicted molar refractivity (Wildman–Crippen MR) is 80.5 cm³/mol. The van der Waals surface area contributed by atoms with Crippen LogP contribution in [0.15, 0.2) is 12.1 Å². The molecule has 98 valence electrons. The van der Waals surface area contributed by atoms with Gasteiger partial charge in [0.1, 0.15) is 5.82 Å². The van der Waals surface area contributed by atoms with Crippen LogP contribution in [0, 0.1) is 10.5 Å². The topological polar surface area (TPSA) is 70.3 Å². The van der Waals surface area contributed by atoms with Gasteiger partial charge in [0.25, 0.3) is 0 Å². The van der Waals surface area contributed by atoms with Gasteiger partial charge in [-0.1, -0.05) is 11.6 Å². The number of hydrogen-bond acceptors (Lipinski definition) is 5. The van der Waals surface area contributed by atoms with Crippen molar-refractivity contribution in [2.75, 3.05) is 12.5 Å². The molecular formula is C12H9ClIN3O2. The molecule has 0 amide bonds. The van der Waals surface area contributed by atoms with E-state index in [9.17, 15) is 0 Å². The molecule has 0 fully saturated rings. The first-order chi connectivity index (χ1) is 9.06. The molecule has 1 aromatic heterocycles. The molecule has 19 heavy (non-hydrogen) atoms. The Morgan fingerprint density at radius 1 is 1.32 bits per heavy atom. The third kappa shape index (κ3) is 2.18. The van der Waals surface area contributed by atoms with E-state index < -0.39 is 0 Å². The van der Waals surface area contributed by atoms with E-state index in [-0.39, 0.29) is 6.79 Å². The highest BCUT2D eigenvalue weighted by molar-refractivity contribution is 14.1. The van der Waals surface area contributed by atoms with Crippen LogP contribution in [-0.2, 0) is 0 Å². The average molecular weight is 390 g/mol. The molecular weight excluding hydrogens is 381 g/mol. The van der Waals surface area contributed by atoms with E-state index in [0.29, 0.717) is 28.2 Å². The minimum Gasteiger partial charge on any atom is -0.454 e. The van der Waals surface area contributed by atoms with Crippen molar-refractivity contribution in [1.29, 1.82) is 0 Å². The normalized spacial score (nSPS) is 12.8. The van der Waals surface area contributed by atoms with Crippen molar-refractivity contribution in [3.8, 4) is 22.9 Å². The fourth-order valence-electron chi connectivity index (χ4n) is 1.81. The Kier molecular flexibility index (Phi) is 3.14. The molecule has 0 bridgehead atoms. The van der Waals surface area contributed by atoms with Gasteiger partial charge < -0.3 is 15.2 Å². The third-order valence-corrected chi connectivity index (χ3v) is 4.34. The number of rotatable bonds is 1. The van der Waals surface area contributed by atoms with E-state index in [1.807, 2.05) is 6.92 Å². The summed E-state index contributed by atoms with van der Waals surface area (Å²) in [6.45, 7) is 2.06. The maximum atomic E-state index is 6.14. The molecule has 1 aliphatic heterocycles. The van der Waals surface area contributed by atoms with E-state index in [0.717, 1.165) is 14.8 Å². The minimum atomic E-state index is 0.174. The van der Waals surface area contributed by atoms with Crippen molar-refractivity contribution in [2.24, 2.45) is 0 Å². The summed E-state index contributed by atoms with van der Waals surface area (Å²) >= 11 is 8.26. The molecule has 3 rings (SSSR count). The van der Waals surface area contributed by atoms with Crippen LogP contribution in [0.3, 0.4) is 0 Å². The standard InChI is InChI=1S/C12H9ClIN3O2/c1-5-9(14)11(15)17-12(16-5)6-2-7(13)10-8(3-6)18-4-19-10/h2-3H,4H2,1H3,(H2,15,16,17). The number of halogens is 2. The molecule has 1 aromatic carbocycles. The first kappa shape index (κ1) is 12.7. The molecule has 0 unspecified atom stereocenters. The van der Waals surface area contributed by atoms with Gasteiger partial charge in [-0.3, -0.25) is 0 Å². The number of hydrogen-bond donors (Lipinski definition) is 1. The number of benzene rings is 1. The zero-order valence-corrected chi connectivity index (χ0v) is 12.8. The Labute approximate surface area is 128 Å². The van der Waals surface area contributed by atoms with Gasteiger partial charge >= 0.3 is 0 Å². The van der Waals surface area contributed by atoms with E-state index in [2.05, 4.69) is 32.6 Å². The van der Waals surface area contributed by atoms with E-state index in [4.69, 9.17) is 26.8 Å². The molecule has 0 saturated carbocycles. The summed E-state index contributed by atoms with van der Waals surface area (Å²) in [5.41, 5.74) is 7.44. The van der Waals surface area contributed by atoms with Crippen molar-refractivity contribution < 1.29 is 9.47 Å². The maximum Gasteiger partial charge on any atom is 0.231 e. The average Bonchev–Trinajstić information content (AvgIpc) is 2.84. The van der Waals surface area contributed by atoms with Gasteiger partial charge in [0.05, 0.1) is 14.3 Å². The van der Waals surface area contributed by atoms with Crippen LogP contribution in [0.2, 0.25) is 5.02 Å². The Hall–Kier alpha value is -1.28. The van der Waals surface area contributed by atoms with Crippen molar-refractivity contribution >= 4 is 40.0 Å². The predicted octanol–water partition coefficient (Wildman–Crippen LogP) is 3.02.